The zero-order valence-electron chi connectivity index (χ0n) is 18.8. The molecule has 6 heteroatoms. The van der Waals surface area contributed by atoms with Crippen LogP contribution in [0.5, 0.6) is 11.5 Å². The maximum atomic E-state index is 10.3. The summed E-state index contributed by atoms with van der Waals surface area (Å²) in [5, 5.41) is 20.1. The standard InChI is InChI=1S/C25H34N2O4/c1-4-26(11-12-30-3)16-18-7-5-8-19(14-18)21-9-6-10-27(21)25-24(31-25)20-13-17(2)22(28)15-23(20)29/h5,7-8,13-15,21,24-25,28-29H,4,6,9-12,16H2,1-3H3. The molecule has 0 radical (unpaired) electrons. The maximum Gasteiger partial charge on any atom is 0.143 e. The van der Waals surface area contributed by atoms with Gasteiger partial charge in [0, 0.05) is 44.4 Å². The average Bonchev–Trinajstić information content (AvgIpc) is 3.40. The number of hydrogen-bond acceptors (Lipinski definition) is 6. The van der Waals surface area contributed by atoms with Gasteiger partial charge >= 0.3 is 0 Å². The first kappa shape index (κ1) is 22.1. The second-order valence-electron chi connectivity index (χ2n) is 8.65. The first-order chi connectivity index (χ1) is 15.0. The number of epoxide rings is 1. The van der Waals surface area contributed by atoms with Crippen LogP contribution in [-0.2, 0) is 16.0 Å². The number of likely N-dealkylation sites (tertiary alicyclic amines) is 1. The number of rotatable bonds is 9. The minimum absolute atomic E-state index is 0.0279. The molecule has 2 heterocycles. The zero-order chi connectivity index (χ0) is 22.0. The predicted molar refractivity (Wildman–Crippen MR) is 120 cm³/mol. The fourth-order valence-corrected chi connectivity index (χ4v) is 4.70. The van der Waals surface area contributed by atoms with Gasteiger partial charge in [0.1, 0.15) is 23.8 Å². The molecule has 0 amide bonds. The smallest absolute Gasteiger partial charge is 0.143 e. The number of likely N-dealkylation sites (N-methyl/N-ethyl adjacent to an activating group) is 1. The summed E-state index contributed by atoms with van der Waals surface area (Å²) in [6.07, 6.45) is 2.07. The van der Waals surface area contributed by atoms with Crippen molar-refractivity contribution in [1.82, 2.24) is 9.80 Å². The van der Waals surface area contributed by atoms with Gasteiger partial charge in [0.05, 0.1) is 6.61 Å². The van der Waals surface area contributed by atoms with E-state index in [4.69, 9.17) is 9.47 Å². The molecular weight excluding hydrogens is 392 g/mol. The Bertz CT molecular complexity index is 903. The molecule has 6 nitrogen and oxygen atoms in total. The van der Waals surface area contributed by atoms with E-state index in [1.807, 2.05) is 13.0 Å². The van der Waals surface area contributed by atoms with E-state index in [-0.39, 0.29) is 23.8 Å². The Morgan fingerprint density at radius 1 is 1.19 bits per heavy atom. The number of phenolic OH excluding ortho intramolecular Hbond substituents is 2. The molecule has 0 aromatic heterocycles. The van der Waals surface area contributed by atoms with Gasteiger partial charge in [-0.3, -0.25) is 9.80 Å². The third-order valence-corrected chi connectivity index (χ3v) is 6.54. The van der Waals surface area contributed by atoms with Gasteiger partial charge in [-0.2, -0.15) is 0 Å². The first-order valence-electron chi connectivity index (χ1n) is 11.3. The SMILES string of the molecule is CCN(CCOC)Cc1cccc(C2CCCN2C2OC2c2cc(C)c(O)cc2O)c1. The molecule has 2 aromatic carbocycles. The van der Waals surface area contributed by atoms with Crippen LogP contribution < -0.4 is 0 Å². The van der Waals surface area contributed by atoms with Crippen LogP contribution >= 0.6 is 0 Å². The fraction of sp³-hybridized carbons (Fsp3) is 0.520. The number of phenols is 2. The minimum Gasteiger partial charge on any atom is -0.508 e. The topological polar surface area (TPSA) is 68.7 Å². The summed E-state index contributed by atoms with van der Waals surface area (Å²) in [7, 11) is 1.75. The van der Waals surface area contributed by atoms with Gasteiger partial charge in [-0.1, -0.05) is 31.2 Å². The molecule has 0 spiro atoms. The Labute approximate surface area is 185 Å². The van der Waals surface area contributed by atoms with E-state index >= 15 is 0 Å². The lowest BCUT2D eigenvalue weighted by Gasteiger charge is -2.25. The lowest BCUT2D eigenvalue weighted by atomic mass is 10.0. The van der Waals surface area contributed by atoms with Gasteiger partial charge in [-0.15, -0.1) is 0 Å². The van der Waals surface area contributed by atoms with Crippen molar-refractivity contribution in [2.24, 2.45) is 0 Å². The monoisotopic (exact) mass is 426 g/mol. The highest BCUT2D eigenvalue weighted by Crippen LogP contribution is 2.50. The second-order valence-corrected chi connectivity index (χ2v) is 8.65. The molecule has 2 N–H and O–H groups in total. The number of hydrogen-bond donors (Lipinski definition) is 2. The molecule has 4 rings (SSSR count). The van der Waals surface area contributed by atoms with Gasteiger partial charge in [0.25, 0.3) is 0 Å². The molecule has 0 aliphatic carbocycles. The third kappa shape index (κ3) is 4.88. The molecular formula is C25H34N2O4. The Balaban J connectivity index is 1.47. The quantitative estimate of drug-likeness (QED) is 0.588. The highest BCUT2D eigenvalue weighted by atomic mass is 16.6. The largest absolute Gasteiger partial charge is 0.508 e. The van der Waals surface area contributed by atoms with Crippen LogP contribution in [0.2, 0.25) is 0 Å². The van der Waals surface area contributed by atoms with Crippen LogP contribution in [0, 0.1) is 6.92 Å². The number of nitrogens with zero attached hydrogens (tertiary/aromatic N) is 2. The maximum absolute atomic E-state index is 10.3. The van der Waals surface area contributed by atoms with Crippen molar-refractivity contribution in [3.05, 3.63) is 58.7 Å². The fourth-order valence-electron chi connectivity index (χ4n) is 4.70. The van der Waals surface area contributed by atoms with Gasteiger partial charge in [-0.25, -0.2) is 0 Å². The summed E-state index contributed by atoms with van der Waals surface area (Å²) in [5.41, 5.74) is 4.17. The first-order valence-corrected chi connectivity index (χ1v) is 11.3. The summed E-state index contributed by atoms with van der Waals surface area (Å²) in [6, 6.07) is 12.5. The molecule has 3 atom stereocenters. The summed E-state index contributed by atoms with van der Waals surface area (Å²) >= 11 is 0. The van der Waals surface area contributed by atoms with Crippen molar-refractivity contribution >= 4 is 0 Å². The van der Waals surface area contributed by atoms with Crippen LogP contribution in [0.15, 0.2) is 36.4 Å². The minimum atomic E-state index is -0.146. The molecule has 31 heavy (non-hydrogen) atoms. The Morgan fingerprint density at radius 3 is 2.81 bits per heavy atom. The van der Waals surface area contributed by atoms with Crippen LogP contribution in [0.25, 0.3) is 0 Å². The zero-order valence-corrected chi connectivity index (χ0v) is 18.8. The van der Waals surface area contributed by atoms with Gasteiger partial charge < -0.3 is 19.7 Å². The van der Waals surface area contributed by atoms with Crippen LogP contribution in [0.3, 0.4) is 0 Å². The molecule has 2 saturated heterocycles. The van der Waals surface area contributed by atoms with E-state index in [0.29, 0.717) is 6.04 Å². The van der Waals surface area contributed by atoms with Crippen molar-refractivity contribution in [3.63, 3.8) is 0 Å². The van der Waals surface area contributed by atoms with Crippen LogP contribution in [0.4, 0.5) is 0 Å². The van der Waals surface area contributed by atoms with Gasteiger partial charge in [0.15, 0.2) is 0 Å². The van der Waals surface area contributed by atoms with E-state index in [0.717, 1.165) is 56.8 Å². The van der Waals surface area contributed by atoms with Crippen molar-refractivity contribution in [2.45, 2.75) is 51.6 Å². The molecule has 2 fully saturated rings. The van der Waals surface area contributed by atoms with Crippen molar-refractivity contribution in [1.29, 1.82) is 0 Å². The van der Waals surface area contributed by atoms with E-state index in [9.17, 15) is 10.2 Å². The van der Waals surface area contributed by atoms with E-state index in [2.05, 4.69) is 41.0 Å². The number of methoxy groups -OCH3 is 1. The summed E-state index contributed by atoms with van der Waals surface area (Å²) in [5.74, 6) is 0.213. The molecule has 2 aromatic rings. The number of aromatic hydroxyl groups is 2. The molecule has 0 bridgehead atoms. The molecule has 3 unspecified atom stereocenters. The summed E-state index contributed by atoms with van der Waals surface area (Å²) < 4.78 is 11.3. The second kappa shape index (κ2) is 9.57. The lowest BCUT2D eigenvalue weighted by Crippen LogP contribution is -2.28. The van der Waals surface area contributed by atoms with Crippen LogP contribution in [0.1, 0.15) is 54.2 Å². The Kier molecular flexibility index (Phi) is 6.82. The van der Waals surface area contributed by atoms with Crippen molar-refractivity contribution in [2.75, 3.05) is 33.4 Å². The molecule has 2 aliphatic heterocycles. The summed E-state index contributed by atoms with van der Waals surface area (Å²) in [6.45, 7) is 8.60. The van der Waals surface area contributed by atoms with E-state index < -0.39 is 0 Å². The van der Waals surface area contributed by atoms with Gasteiger partial charge in [0.2, 0.25) is 0 Å². The lowest BCUT2D eigenvalue weighted by molar-refractivity contribution is 0.147. The highest BCUT2D eigenvalue weighted by Gasteiger charge is 2.49. The van der Waals surface area contributed by atoms with Crippen molar-refractivity contribution < 1.29 is 19.7 Å². The normalized spacial score (nSPS) is 23.5. The molecule has 2 aliphatic rings. The number of aryl methyl sites for hydroxylation is 1. The van der Waals surface area contributed by atoms with Crippen LogP contribution in [-0.4, -0.2) is 59.6 Å². The highest BCUT2D eigenvalue weighted by molar-refractivity contribution is 5.47. The number of benzene rings is 2. The average molecular weight is 427 g/mol. The van der Waals surface area contributed by atoms with E-state index in [1.54, 1.807) is 7.11 Å². The summed E-state index contributed by atoms with van der Waals surface area (Å²) in [4.78, 5) is 4.82. The Morgan fingerprint density at radius 2 is 2.03 bits per heavy atom. The van der Waals surface area contributed by atoms with Crippen molar-refractivity contribution in [3.8, 4) is 11.5 Å². The third-order valence-electron chi connectivity index (χ3n) is 6.54. The van der Waals surface area contributed by atoms with Gasteiger partial charge in [-0.05, 0) is 49.1 Å². The Hall–Kier alpha value is -2.12. The van der Waals surface area contributed by atoms with E-state index in [1.165, 1.54) is 17.2 Å². The molecule has 168 valence electrons. The molecule has 0 saturated carbocycles. The number of ether oxygens (including phenoxy) is 2. The predicted octanol–water partition coefficient (Wildman–Crippen LogP) is 4.11.